The maximum atomic E-state index is 12.4. The lowest BCUT2D eigenvalue weighted by molar-refractivity contribution is 0.0473. The Balaban J connectivity index is 1.35. The van der Waals surface area contributed by atoms with Gasteiger partial charge in [-0.25, -0.2) is 14.8 Å². The molecule has 1 aromatic heterocycles. The average molecular weight is 431 g/mol. The van der Waals surface area contributed by atoms with Gasteiger partial charge in [0, 0.05) is 16.6 Å². The Morgan fingerprint density at radius 1 is 0.727 bits per heavy atom. The third-order valence-corrected chi connectivity index (χ3v) is 5.24. The summed E-state index contributed by atoms with van der Waals surface area (Å²) in [5.74, 6) is 0.130. The molecule has 0 spiro atoms. The fourth-order valence-electron chi connectivity index (χ4n) is 3.57. The van der Waals surface area contributed by atoms with Crippen molar-refractivity contribution in [2.24, 2.45) is 0 Å². The summed E-state index contributed by atoms with van der Waals surface area (Å²) in [6, 6.07) is 34.7. The van der Waals surface area contributed by atoms with Crippen molar-refractivity contribution < 1.29 is 9.53 Å². The van der Waals surface area contributed by atoms with Crippen LogP contribution in [0, 0.1) is 0 Å². The van der Waals surface area contributed by atoms with Crippen molar-refractivity contribution in [3.05, 3.63) is 120 Å². The van der Waals surface area contributed by atoms with Gasteiger partial charge in [-0.1, -0.05) is 78.9 Å². The van der Waals surface area contributed by atoms with Crippen LogP contribution >= 0.6 is 0 Å². The van der Waals surface area contributed by atoms with Gasteiger partial charge in [0.25, 0.3) is 0 Å². The minimum absolute atomic E-state index is 0.243. The Hall–Kier alpha value is -4.51. The lowest BCUT2D eigenvalue weighted by Gasteiger charge is -2.11. The number of ether oxygens (including phenoxy) is 1. The second-order valence-electron chi connectivity index (χ2n) is 7.54. The number of rotatable bonds is 6. The van der Waals surface area contributed by atoms with E-state index < -0.39 is 0 Å². The number of hydrogen-bond donors (Lipinski definition) is 1. The van der Waals surface area contributed by atoms with Crippen LogP contribution in [0.4, 0.5) is 11.6 Å². The molecule has 1 N–H and O–H groups in total. The molecule has 160 valence electrons. The first-order chi connectivity index (χ1) is 16.3. The molecule has 0 saturated heterocycles. The molecule has 4 aromatic carbocycles. The van der Waals surface area contributed by atoms with Crippen molar-refractivity contribution in [2.45, 2.75) is 6.61 Å². The first-order valence-electron chi connectivity index (χ1n) is 10.7. The van der Waals surface area contributed by atoms with Crippen LogP contribution in [-0.2, 0) is 11.3 Å². The zero-order chi connectivity index (χ0) is 22.5. The van der Waals surface area contributed by atoms with Gasteiger partial charge in [0.15, 0.2) is 0 Å². The van der Waals surface area contributed by atoms with Crippen molar-refractivity contribution in [2.75, 3.05) is 5.32 Å². The van der Waals surface area contributed by atoms with Gasteiger partial charge in [0.05, 0.1) is 16.8 Å². The van der Waals surface area contributed by atoms with Gasteiger partial charge in [0.2, 0.25) is 5.95 Å². The number of fused-ring (bicyclic) bond motifs is 1. The quantitative estimate of drug-likeness (QED) is 0.315. The standard InChI is InChI=1S/C28H21N3O2/c32-27(33-19-20-9-3-1-4-10-20)22-15-17-23(18-16-22)29-28-30-25-14-8-7-13-24(25)26(31-28)21-11-5-2-6-12-21/h1-18H,19H2,(H,29,30,31). The number of hydrogen-bond acceptors (Lipinski definition) is 5. The summed E-state index contributed by atoms with van der Waals surface area (Å²) < 4.78 is 5.40. The van der Waals surface area contributed by atoms with E-state index in [1.54, 1.807) is 12.1 Å². The lowest BCUT2D eigenvalue weighted by atomic mass is 10.1. The topological polar surface area (TPSA) is 64.1 Å². The largest absolute Gasteiger partial charge is 0.457 e. The molecule has 1 heterocycles. The van der Waals surface area contributed by atoms with E-state index in [9.17, 15) is 4.79 Å². The fraction of sp³-hybridized carbons (Fsp3) is 0.0357. The Kier molecular flexibility index (Phi) is 5.76. The van der Waals surface area contributed by atoms with E-state index >= 15 is 0 Å². The maximum absolute atomic E-state index is 12.4. The highest BCUT2D eigenvalue weighted by molar-refractivity contribution is 5.93. The molecule has 0 bridgehead atoms. The second kappa shape index (κ2) is 9.32. The number of nitrogens with one attached hydrogen (secondary N) is 1. The molecular formula is C28H21N3O2. The molecule has 5 heteroatoms. The molecule has 0 aliphatic carbocycles. The van der Waals surface area contributed by atoms with Crippen molar-refractivity contribution >= 4 is 28.5 Å². The second-order valence-corrected chi connectivity index (χ2v) is 7.54. The highest BCUT2D eigenvalue weighted by Gasteiger charge is 2.11. The van der Waals surface area contributed by atoms with Gasteiger partial charge in [-0.3, -0.25) is 0 Å². The normalized spacial score (nSPS) is 10.7. The third kappa shape index (κ3) is 4.72. The van der Waals surface area contributed by atoms with E-state index in [2.05, 4.69) is 10.3 Å². The predicted molar refractivity (Wildman–Crippen MR) is 130 cm³/mol. The number of para-hydroxylation sites is 1. The van der Waals surface area contributed by atoms with Gasteiger partial charge in [-0.05, 0) is 35.9 Å². The van der Waals surface area contributed by atoms with Crippen molar-refractivity contribution in [1.29, 1.82) is 0 Å². The van der Waals surface area contributed by atoms with Crippen LogP contribution in [0.3, 0.4) is 0 Å². The number of benzene rings is 4. The monoisotopic (exact) mass is 431 g/mol. The molecular weight excluding hydrogens is 410 g/mol. The number of aromatic nitrogens is 2. The zero-order valence-corrected chi connectivity index (χ0v) is 17.8. The summed E-state index contributed by atoms with van der Waals surface area (Å²) in [6.45, 7) is 0.243. The van der Waals surface area contributed by atoms with Gasteiger partial charge in [-0.2, -0.15) is 0 Å². The average Bonchev–Trinajstić information content (AvgIpc) is 2.88. The minimum Gasteiger partial charge on any atom is -0.457 e. The van der Waals surface area contributed by atoms with Crippen LogP contribution in [-0.4, -0.2) is 15.9 Å². The molecule has 0 fully saturated rings. The molecule has 0 atom stereocenters. The molecule has 5 rings (SSSR count). The maximum Gasteiger partial charge on any atom is 0.338 e. The van der Waals surface area contributed by atoms with E-state index in [0.717, 1.165) is 33.4 Å². The SMILES string of the molecule is O=C(OCc1ccccc1)c1ccc(Nc2nc(-c3ccccc3)c3ccccc3n2)cc1. The van der Waals surface area contributed by atoms with Crippen molar-refractivity contribution in [3.8, 4) is 11.3 Å². The van der Waals surface area contributed by atoms with Gasteiger partial charge in [-0.15, -0.1) is 0 Å². The van der Waals surface area contributed by atoms with Crippen LogP contribution in [0.25, 0.3) is 22.2 Å². The van der Waals surface area contributed by atoms with E-state index in [0.29, 0.717) is 11.5 Å². The number of anilines is 2. The Labute approximate surface area is 191 Å². The highest BCUT2D eigenvalue weighted by atomic mass is 16.5. The lowest BCUT2D eigenvalue weighted by Crippen LogP contribution is -2.05. The summed E-state index contributed by atoms with van der Waals surface area (Å²) in [4.78, 5) is 21.8. The van der Waals surface area contributed by atoms with E-state index in [4.69, 9.17) is 9.72 Å². The number of nitrogens with zero attached hydrogens (tertiary/aromatic N) is 2. The zero-order valence-electron chi connectivity index (χ0n) is 17.8. The highest BCUT2D eigenvalue weighted by Crippen LogP contribution is 2.28. The Bertz CT molecular complexity index is 1390. The molecule has 0 saturated carbocycles. The summed E-state index contributed by atoms with van der Waals surface area (Å²) >= 11 is 0. The van der Waals surface area contributed by atoms with Crippen LogP contribution in [0.5, 0.6) is 0 Å². The summed E-state index contributed by atoms with van der Waals surface area (Å²) in [5.41, 5.74) is 4.96. The fourth-order valence-corrected chi connectivity index (χ4v) is 3.57. The van der Waals surface area contributed by atoms with Crippen LogP contribution < -0.4 is 5.32 Å². The predicted octanol–water partition coefficient (Wildman–Crippen LogP) is 6.40. The molecule has 0 aliphatic heterocycles. The third-order valence-electron chi connectivity index (χ3n) is 5.24. The first kappa shape index (κ1) is 20.4. The van der Waals surface area contributed by atoms with Gasteiger partial charge in [0.1, 0.15) is 6.61 Å². The summed E-state index contributed by atoms with van der Waals surface area (Å²) in [7, 11) is 0. The van der Waals surface area contributed by atoms with Crippen molar-refractivity contribution in [1.82, 2.24) is 9.97 Å². The summed E-state index contributed by atoms with van der Waals surface area (Å²) in [6.07, 6.45) is 0. The molecule has 5 aromatic rings. The number of carbonyl (C=O) groups is 1. The number of carbonyl (C=O) groups excluding carboxylic acids is 1. The molecule has 0 unspecified atom stereocenters. The minimum atomic E-state index is -0.362. The van der Waals surface area contributed by atoms with Gasteiger partial charge < -0.3 is 10.1 Å². The van der Waals surface area contributed by atoms with Crippen LogP contribution in [0.15, 0.2) is 109 Å². The van der Waals surface area contributed by atoms with E-state index in [-0.39, 0.29) is 12.6 Å². The van der Waals surface area contributed by atoms with E-state index in [1.165, 1.54) is 0 Å². The van der Waals surface area contributed by atoms with E-state index in [1.807, 2.05) is 97.1 Å². The van der Waals surface area contributed by atoms with Gasteiger partial charge >= 0.3 is 5.97 Å². The number of esters is 1. The Morgan fingerprint density at radius 2 is 1.39 bits per heavy atom. The molecule has 5 nitrogen and oxygen atoms in total. The molecule has 0 radical (unpaired) electrons. The molecule has 0 amide bonds. The first-order valence-corrected chi connectivity index (χ1v) is 10.7. The summed E-state index contributed by atoms with van der Waals surface area (Å²) in [5, 5.41) is 4.25. The smallest absolute Gasteiger partial charge is 0.338 e. The molecule has 33 heavy (non-hydrogen) atoms. The van der Waals surface area contributed by atoms with Crippen LogP contribution in [0.2, 0.25) is 0 Å². The Morgan fingerprint density at radius 3 is 2.15 bits per heavy atom. The van der Waals surface area contributed by atoms with Crippen molar-refractivity contribution in [3.63, 3.8) is 0 Å². The van der Waals surface area contributed by atoms with Crippen LogP contribution in [0.1, 0.15) is 15.9 Å². The molecule has 0 aliphatic rings.